The van der Waals surface area contributed by atoms with E-state index in [0.717, 1.165) is 0 Å². The largest absolute Gasteiger partial charge is 0.480 e. The molecule has 0 aliphatic rings. The van der Waals surface area contributed by atoms with E-state index in [-0.39, 0.29) is 22.8 Å². The average molecular weight is 372 g/mol. The molecule has 0 fully saturated rings. The number of carboxylic acids is 1. The third kappa shape index (κ3) is 6.81. The Bertz CT molecular complexity index is 702. The van der Waals surface area contributed by atoms with E-state index in [1.165, 1.54) is 31.4 Å². The van der Waals surface area contributed by atoms with Gasteiger partial charge in [-0.25, -0.2) is 8.42 Å². The molecule has 1 amide bonds. The van der Waals surface area contributed by atoms with Gasteiger partial charge >= 0.3 is 5.97 Å². The molecule has 0 aliphatic heterocycles. The van der Waals surface area contributed by atoms with Gasteiger partial charge in [0.05, 0.1) is 11.5 Å². The van der Waals surface area contributed by atoms with Gasteiger partial charge in [-0.1, -0.05) is 19.9 Å². The van der Waals surface area contributed by atoms with Crippen molar-refractivity contribution in [3.63, 3.8) is 0 Å². The van der Waals surface area contributed by atoms with Gasteiger partial charge in [0.2, 0.25) is 10.0 Å². The molecule has 3 N–H and O–H groups in total. The predicted octanol–water partition coefficient (Wildman–Crippen LogP) is 0.840. The Labute approximate surface area is 147 Å². The number of hydrogen-bond donors (Lipinski definition) is 3. The van der Waals surface area contributed by atoms with Gasteiger partial charge in [0.25, 0.3) is 5.91 Å². The number of carbonyl (C=O) groups excluding carboxylic acids is 1. The number of sulfonamides is 1. The first-order valence-corrected chi connectivity index (χ1v) is 9.28. The predicted molar refractivity (Wildman–Crippen MR) is 91.9 cm³/mol. The van der Waals surface area contributed by atoms with Crippen molar-refractivity contribution in [1.82, 2.24) is 10.0 Å². The quantitative estimate of drug-likeness (QED) is 0.523. The third-order valence-electron chi connectivity index (χ3n) is 3.30. The summed E-state index contributed by atoms with van der Waals surface area (Å²) in [4.78, 5) is 23.1. The molecule has 8 nitrogen and oxygen atoms in total. The number of amides is 1. The lowest BCUT2D eigenvalue weighted by atomic mass is 10.1. The van der Waals surface area contributed by atoms with Crippen molar-refractivity contribution in [2.24, 2.45) is 5.92 Å². The average Bonchev–Trinajstić information content (AvgIpc) is 2.53. The van der Waals surface area contributed by atoms with Gasteiger partial charge in [-0.2, -0.15) is 4.72 Å². The molecule has 1 aromatic carbocycles. The molecule has 9 heteroatoms. The smallest absolute Gasteiger partial charge is 0.321 e. The lowest BCUT2D eigenvalue weighted by Gasteiger charge is -2.17. The summed E-state index contributed by atoms with van der Waals surface area (Å²) in [6.45, 7) is 4.23. The van der Waals surface area contributed by atoms with Crippen LogP contribution in [0.3, 0.4) is 0 Å². The summed E-state index contributed by atoms with van der Waals surface area (Å²) in [6.07, 6.45) is 0.158. The Morgan fingerprint density at radius 1 is 1.28 bits per heavy atom. The molecule has 0 saturated carbocycles. The number of rotatable bonds is 10. The van der Waals surface area contributed by atoms with Crippen molar-refractivity contribution in [3.8, 4) is 0 Å². The van der Waals surface area contributed by atoms with E-state index < -0.39 is 27.9 Å². The van der Waals surface area contributed by atoms with Crippen LogP contribution in [0.25, 0.3) is 0 Å². The normalized spacial score (nSPS) is 12.8. The minimum atomic E-state index is -4.07. The zero-order valence-electron chi connectivity index (χ0n) is 14.5. The second-order valence-electron chi connectivity index (χ2n) is 5.92. The Kier molecular flexibility index (Phi) is 8.01. The molecule has 0 spiro atoms. The van der Waals surface area contributed by atoms with Crippen LogP contribution in [0.4, 0.5) is 0 Å². The summed E-state index contributed by atoms with van der Waals surface area (Å²) >= 11 is 0. The number of carbonyl (C=O) groups is 2. The minimum Gasteiger partial charge on any atom is -0.480 e. The van der Waals surface area contributed by atoms with Crippen LogP contribution in [0, 0.1) is 5.92 Å². The zero-order chi connectivity index (χ0) is 19.0. The lowest BCUT2D eigenvalue weighted by molar-refractivity contribution is -0.139. The molecule has 0 aliphatic carbocycles. The molecule has 1 rings (SSSR count). The first kappa shape index (κ1) is 21.1. The highest BCUT2D eigenvalue weighted by Gasteiger charge is 2.26. The van der Waals surface area contributed by atoms with Gasteiger partial charge in [0, 0.05) is 19.2 Å². The van der Waals surface area contributed by atoms with Gasteiger partial charge in [0.15, 0.2) is 0 Å². The number of benzene rings is 1. The number of nitrogens with one attached hydrogen (secondary N) is 2. The van der Waals surface area contributed by atoms with E-state index >= 15 is 0 Å². The van der Waals surface area contributed by atoms with Crippen LogP contribution < -0.4 is 10.0 Å². The molecule has 0 bridgehead atoms. The van der Waals surface area contributed by atoms with E-state index in [1.54, 1.807) is 13.8 Å². The summed E-state index contributed by atoms with van der Waals surface area (Å²) in [7, 11) is -2.57. The van der Waals surface area contributed by atoms with Crippen LogP contribution in [0.15, 0.2) is 29.2 Å². The summed E-state index contributed by atoms with van der Waals surface area (Å²) in [6, 6.07) is 4.19. The molecular formula is C16H24N2O6S. The number of aliphatic carboxylic acids is 1. The van der Waals surface area contributed by atoms with Crippen LogP contribution in [0.1, 0.15) is 30.6 Å². The molecule has 0 unspecified atom stereocenters. The summed E-state index contributed by atoms with van der Waals surface area (Å²) in [5.41, 5.74) is 0.162. The zero-order valence-corrected chi connectivity index (χ0v) is 15.3. The SMILES string of the molecule is COCCNC(=O)c1cccc(S(=O)(=O)N[C@@H](CC(C)C)C(=O)O)c1. The Morgan fingerprint density at radius 3 is 2.52 bits per heavy atom. The van der Waals surface area contributed by atoms with Gasteiger partial charge in [-0.15, -0.1) is 0 Å². The minimum absolute atomic E-state index is 0.00157. The topological polar surface area (TPSA) is 122 Å². The van der Waals surface area contributed by atoms with Crippen molar-refractivity contribution >= 4 is 21.9 Å². The first-order chi connectivity index (χ1) is 11.7. The first-order valence-electron chi connectivity index (χ1n) is 7.79. The molecule has 0 radical (unpaired) electrons. The Hall–Kier alpha value is -1.97. The van der Waals surface area contributed by atoms with Gasteiger partial charge < -0.3 is 15.2 Å². The van der Waals surface area contributed by atoms with Crippen molar-refractivity contribution in [2.75, 3.05) is 20.3 Å². The van der Waals surface area contributed by atoms with Crippen LogP contribution >= 0.6 is 0 Å². The van der Waals surface area contributed by atoms with Gasteiger partial charge in [-0.3, -0.25) is 9.59 Å². The fourth-order valence-electron chi connectivity index (χ4n) is 2.10. The highest BCUT2D eigenvalue weighted by Crippen LogP contribution is 2.14. The van der Waals surface area contributed by atoms with Crippen LogP contribution in [0.2, 0.25) is 0 Å². The molecule has 140 valence electrons. The number of ether oxygens (including phenoxy) is 1. The van der Waals surface area contributed by atoms with E-state index in [0.29, 0.717) is 13.2 Å². The van der Waals surface area contributed by atoms with Crippen LogP contribution in [-0.2, 0) is 19.6 Å². The monoisotopic (exact) mass is 372 g/mol. The molecule has 0 heterocycles. The highest BCUT2D eigenvalue weighted by molar-refractivity contribution is 7.89. The van der Waals surface area contributed by atoms with E-state index in [2.05, 4.69) is 10.0 Å². The number of methoxy groups -OCH3 is 1. The van der Waals surface area contributed by atoms with Crippen molar-refractivity contribution < 1.29 is 27.9 Å². The lowest BCUT2D eigenvalue weighted by Crippen LogP contribution is -2.41. The molecule has 0 aromatic heterocycles. The van der Waals surface area contributed by atoms with Crippen molar-refractivity contribution in [1.29, 1.82) is 0 Å². The Morgan fingerprint density at radius 2 is 1.96 bits per heavy atom. The fourth-order valence-corrected chi connectivity index (χ4v) is 3.35. The fraction of sp³-hybridized carbons (Fsp3) is 0.500. The van der Waals surface area contributed by atoms with Gasteiger partial charge in [-0.05, 0) is 30.5 Å². The van der Waals surface area contributed by atoms with E-state index in [4.69, 9.17) is 4.74 Å². The summed E-state index contributed by atoms with van der Waals surface area (Å²) in [5.74, 6) is -1.68. The molecule has 1 atom stereocenters. The standard InChI is InChI=1S/C16H24N2O6S/c1-11(2)9-14(16(20)21)18-25(22,23)13-6-4-5-12(10-13)15(19)17-7-8-24-3/h4-6,10-11,14,18H,7-9H2,1-3H3,(H,17,19)(H,20,21)/t14-/m0/s1. The van der Waals surface area contributed by atoms with Crippen molar-refractivity contribution in [3.05, 3.63) is 29.8 Å². The van der Waals surface area contributed by atoms with Crippen molar-refractivity contribution in [2.45, 2.75) is 31.2 Å². The Balaban J connectivity index is 2.96. The van der Waals surface area contributed by atoms with E-state index in [9.17, 15) is 23.1 Å². The molecule has 1 aromatic rings. The maximum absolute atomic E-state index is 12.4. The summed E-state index contributed by atoms with van der Waals surface area (Å²) < 4.78 is 31.9. The second-order valence-corrected chi connectivity index (χ2v) is 7.63. The molecule has 0 saturated heterocycles. The van der Waals surface area contributed by atoms with Crippen LogP contribution in [0.5, 0.6) is 0 Å². The maximum Gasteiger partial charge on any atom is 0.321 e. The maximum atomic E-state index is 12.4. The highest BCUT2D eigenvalue weighted by atomic mass is 32.2. The van der Waals surface area contributed by atoms with Crippen LogP contribution in [-0.4, -0.2) is 51.7 Å². The van der Waals surface area contributed by atoms with E-state index in [1.807, 2.05) is 0 Å². The van der Waals surface area contributed by atoms with Gasteiger partial charge in [0.1, 0.15) is 6.04 Å². The second kappa shape index (κ2) is 9.50. The molecular weight excluding hydrogens is 348 g/mol. The number of carboxylic acid groups (broad SMARTS) is 1. The molecule has 25 heavy (non-hydrogen) atoms. The summed E-state index contributed by atoms with van der Waals surface area (Å²) in [5, 5.41) is 11.8. The third-order valence-corrected chi connectivity index (χ3v) is 4.77. The number of hydrogen-bond acceptors (Lipinski definition) is 5.